The van der Waals surface area contributed by atoms with Gasteiger partial charge in [-0.15, -0.1) is 0 Å². The lowest BCUT2D eigenvalue weighted by atomic mass is 9.86. The molecule has 0 saturated heterocycles. The number of nitrogens with one attached hydrogen (secondary N) is 1. The molecule has 3 aromatic rings. The highest BCUT2D eigenvalue weighted by atomic mass is 32.2. The molecule has 2 unspecified atom stereocenters. The predicted octanol–water partition coefficient (Wildman–Crippen LogP) is 5.17. The van der Waals surface area contributed by atoms with E-state index in [-0.39, 0.29) is 28.7 Å². The predicted molar refractivity (Wildman–Crippen MR) is 143 cm³/mol. The fourth-order valence-corrected chi connectivity index (χ4v) is 5.65. The van der Waals surface area contributed by atoms with Crippen molar-refractivity contribution in [3.63, 3.8) is 0 Å². The van der Waals surface area contributed by atoms with E-state index < -0.39 is 16.1 Å². The van der Waals surface area contributed by atoms with Crippen LogP contribution in [0, 0.1) is 6.92 Å². The summed E-state index contributed by atoms with van der Waals surface area (Å²) in [6, 6.07) is 22.2. The van der Waals surface area contributed by atoms with Crippen molar-refractivity contribution >= 4 is 21.6 Å². The summed E-state index contributed by atoms with van der Waals surface area (Å²) in [4.78, 5) is 13.3. The van der Waals surface area contributed by atoms with E-state index >= 15 is 0 Å². The minimum atomic E-state index is -3.92. The number of aryl methyl sites for hydroxylation is 1. The first kappa shape index (κ1) is 25.8. The van der Waals surface area contributed by atoms with E-state index in [9.17, 15) is 13.2 Å². The fourth-order valence-electron chi connectivity index (χ4n) is 4.19. The number of anilines is 1. The molecule has 1 heterocycles. The zero-order chi connectivity index (χ0) is 26.1. The topological polar surface area (TPSA) is 75.7 Å². The minimum absolute atomic E-state index is 0.104. The number of sulfonamides is 1. The highest BCUT2D eigenvalue weighted by Gasteiger charge is 2.38. The average Bonchev–Trinajstić information content (AvgIpc) is 2.86. The number of hydrogen-bond donors (Lipinski definition) is 1. The van der Waals surface area contributed by atoms with Crippen molar-refractivity contribution in [1.82, 2.24) is 5.32 Å². The van der Waals surface area contributed by atoms with Gasteiger partial charge in [-0.2, -0.15) is 0 Å². The molecule has 7 heteroatoms. The maximum absolute atomic E-state index is 13.8. The molecule has 2 atom stereocenters. The van der Waals surface area contributed by atoms with Crippen LogP contribution in [-0.4, -0.2) is 33.5 Å². The van der Waals surface area contributed by atoms with Crippen LogP contribution in [0.25, 0.3) is 0 Å². The van der Waals surface area contributed by atoms with Crippen molar-refractivity contribution in [2.75, 3.05) is 17.4 Å². The molecule has 36 heavy (non-hydrogen) atoms. The summed E-state index contributed by atoms with van der Waals surface area (Å²) in [5.74, 6) is 0.140. The third kappa shape index (κ3) is 5.41. The molecule has 0 aliphatic carbocycles. The molecule has 0 aromatic heterocycles. The fraction of sp³-hybridized carbons (Fsp3) is 0.345. The second-order valence-corrected chi connectivity index (χ2v) is 12.3. The molecular weight excluding hydrogens is 472 g/mol. The Morgan fingerprint density at radius 3 is 2.36 bits per heavy atom. The van der Waals surface area contributed by atoms with Crippen LogP contribution in [0.5, 0.6) is 5.75 Å². The Hall–Kier alpha value is -3.32. The van der Waals surface area contributed by atoms with Gasteiger partial charge in [-0.3, -0.25) is 9.10 Å². The Labute approximate surface area is 214 Å². The second kappa shape index (κ2) is 9.97. The Bertz CT molecular complexity index is 1330. The van der Waals surface area contributed by atoms with Crippen LogP contribution in [0.2, 0.25) is 0 Å². The summed E-state index contributed by atoms with van der Waals surface area (Å²) in [6.45, 7) is 10.5. The molecule has 6 nitrogen and oxygen atoms in total. The standard InChI is InChI=1S/C29H34N2O4S/c1-20-11-14-24(15-12-20)36(33,34)31-19-27(28(32)30-18-21(2)22-9-7-6-8-10-22)35-26-16-13-23(17-25(26)31)29(3,4)5/h6-17,21,27H,18-19H2,1-5H3,(H,30,32). The van der Waals surface area contributed by atoms with Crippen LogP contribution >= 0.6 is 0 Å². The maximum atomic E-state index is 13.8. The average molecular weight is 507 g/mol. The highest BCUT2D eigenvalue weighted by molar-refractivity contribution is 7.92. The molecule has 190 valence electrons. The van der Waals surface area contributed by atoms with Crippen molar-refractivity contribution in [2.24, 2.45) is 0 Å². The summed E-state index contributed by atoms with van der Waals surface area (Å²) in [6.07, 6.45) is -0.971. The molecule has 0 fully saturated rings. The Morgan fingerprint density at radius 1 is 1.06 bits per heavy atom. The largest absolute Gasteiger partial charge is 0.476 e. The van der Waals surface area contributed by atoms with Crippen molar-refractivity contribution in [3.8, 4) is 5.75 Å². The Morgan fingerprint density at radius 2 is 1.72 bits per heavy atom. The molecule has 1 N–H and O–H groups in total. The van der Waals surface area contributed by atoms with E-state index in [1.54, 1.807) is 30.3 Å². The zero-order valence-corrected chi connectivity index (χ0v) is 22.3. The maximum Gasteiger partial charge on any atom is 0.264 e. The monoisotopic (exact) mass is 506 g/mol. The van der Waals surface area contributed by atoms with Gasteiger partial charge in [-0.1, -0.05) is 81.8 Å². The van der Waals surface area contributed by atoms with Gasteiger partial charge in [0.1, 0.15) is 5.75 Å². The smallest absolute Gasteiger partial charge is 0.264 e. The van der Waals surface area contributed by atoms with Gasteiger partial charge in [0.05, 0.1) is 17.1 Å². The number of benzene rings is 3. The summed E-state index contributed by atoms with van der Waals surface area (Å²) in [5, 5.41) is 2.95. The number of nitrogens with zero attached hydrogens (tertiary/aromatic N) is 1. The first-order valence-corrected chi connectivity index (χ1v) is 13.6. The van der Waals surface area contributed by atoms with Gasteiger partial charge >= 0.3 is 0 Å². The van der Waals surface area contributed by atoms with Crippen LogP contribution in [0.15, 0.2) is 77.7 Å². The Balaban J connectivity index is 1.64. The van der Waals surface area contributed by atoms with Crippen molar-refractivity contribution in [2.45, 2.75) is 57.0 Å². The number of ether oxygens (including phenoxy) is 1. The van der Waals surface area contributed by atoms with Gasteiger partial charge in [0, 0.05) is 6.54 Å². The lowest BCUT2D eigenvalue weighted by molar-refractivity contribution is -0.127. The normalized spacial score (nSPS) is 16.6. The van der Waals surface area contributed by atoms with Crippen LogP contribution in [0.1, 0.15) is 50.3 Å². The number of amides is 1. The van der Waals surface area contributed by atoms with Crippen LogP contribution in [0.4, 0.5) is 5.69 Å². The number of hydrogen-bond acceptors (Lipinski definition) is 4. The molecule has 0 bridgehead atoms. The van der Waals surface area contributed by atoms with Crippen LogP contribution in [0.3, 0.4) is 0 Å². The molecule has 1 amide bonds. The molecule has 0 saturated carbocycles. The molecule has 1 aliphatic heterocycles. The molecular formula is C29H34N2O4S. The molecule has 0 radical (unpaired) electrons. The van der Waals surface area contributed by atoms with E-state index in [4.69, 9.17) is 4.74 Å². The number of carbonyl (C=O) groups excluding carboxylic acids is 1. The van der Waals surface area contributed by atoms with Gasteiger partial charge in [0.15, 0.2) is 6.10 Å². The van der Waals surface area contributed by atoms with Gasteiger partial charge < -0.3 is 10.1 Å². The summed E-state index contributed by atoms with van der Waals surface area (Å²) in [7, 11) is -3.92. The van der Waals surface area contributed by atoms with E-state index in [0.29, 0.717) is 18.0 Å². The summed E-state index contributed by atoms with van der Waals surface area (Å²) >= 11 is 0. The molecule has 3 aromatic carbocycles. The number of fused-ring (bicyclic) bond motifs is 1. The van der Waals surface area contributed by atoms with E-state index in [1.165, 1.54) is 4.31 Å². The van der Waals surface area contributed by atoms with Crippen molar-refractivity contribution < 1.29 is 17.9 Å². The van der Waals surface area contributed by atoms with Gasteiger partial charge in [0.25, 0.3) is 15.9 Å². The minimum Gasteiger partial charge on any atom is -0.476 e. The van der Waals surface area contributed by atoms with Crippen LogP contribution < -0.4 is 14.4 Å². The highest BCUT2D eigenvalue weighted by Crippen LogP contribution is 2.40. The van der Waals surface area contributed by atoms with Crippen molar-refractivity contribution in [1.29, 1.82) is 0 Å². The van der Waals surface area contributed by atoms with E-state index in [2.05, 4.69) is 26.1 Å². The van der Waals surface area contributed by atoms with E-state index in [1.807, 2.05) is 56.3 Å². The van der Waals surface area contributed by atoms with Gasteiger partial charge in [-0.05, 0) is 53.6 Å². The molecule has 4 rings (SSSR count). The Kier molecular flexibility index (Phi) is 7.14. The summed E-state index contributed by atoms with van der Waals surface area (Å²) < 4.78 is 34.9. The van der Waals surface area contributed by atoms with Gasteiger partial charge in [-0.25, -0.2) is 8.42 Å². The van der Waals surface area contributed by atoms with Crippen molar-refractivity contribution in [3.05, 3.63) is 89.5 Å². The quantitative estimate of drug-likeness (QED) is 0.501. The lowest BCUT2D eigenvalue weighted by Gasteiger charge is -2.36. The lowest BCUT2D eigenvalue weighted by Crippen LogP contribution is -2.51. The molecule has 1 aliphatic rings. The first-order chi connectivity index (χ1) is 17.0. The van der Waals surface area contributed by atoms with Gasteiger partial charge in [0.2, 0.25) is 0 Å². The number of carbonyl (C=O) groups is 1. The van der Waals surface area contributed by atoms with E-state index in [0.717, 1.165) is 16.7 Å². The molecule has 0 spiro atoms. The third-order valence-electron chi connectivity index (χ3n) is 6.55. The summed E-state index contributed by atoms with van der Waals surface area (Å²) in [5.41, 5.74) is 3.33. The first-order valence-electron chi connectivity index (χ1n) is 12.2. The second-order valence-electron chi connectivity index (χ2n) is 10.4. The number of rotatable bonds is 6. The SMILES string of the molecule is Cc1ccc(S(=O)(=O)N2CC(C(=O)NCC(C)c3ccccc3)Oc3ccc(C(C)(C)C)cc32)cc1. The van der Waals surface area contributed by atoms with Crippen LogP contribution in [-0.2, 0) is 20.2 Å². The third-order valence-corrected chi connectivity index (χ3v) is 8.34. The zero-order valence-electron chi connectivity index (χ0n) is 21.5.